The smallest absolute Gasteiger partial charge is 0.350 e. The number of amides is 2. The minimum absolute atomic E-state index is 0.115. The quantitative estimate of drug-likeness (QED) is 0.688. The number of rotatable bonds is 2. The van der Waals surface area contributed by atoms with Gasteiger partial charge in [0.25, 0.3) is 11.8 Å². The van der Waals surface area contributed by atoms with Gasteiger partial charge in [-0.3, -0.25) is 25.4 Å². The maximum absolute atomic E-state index is 12.5. The number of halogens is 3. The topological polar surface area (TPSA) is 76.0 Å². The molecular formula is C17H13F3N4O2. The molecular weight excluding hydrogens is 349 g/mol. The van der Waals surface area contributed by atoms with Gasteiger partial charge in [0, 0.05) is 30.3 Å². The van der Waals surface area contributed by atoms with Crippen molar-refractivity contribution in [1.29, 1.82) is 0 Å². The van der Waals surface area contributed by atoms with Crippen molar-refractivity contribution in [2.75, 3.05) is 0 Å². The van der Waals surface area contributed by atoms with E-state index in [0.717, 1.165) is 17.8 Å². The van der Waals surface area contributed by atoms with E-state index < -0.39 is 23.7 Å². The zero-order chi connectivity index (χ0) is 18.9. The number of alkyl halides is 3. The summed E-state index contributed by atoms with van der Waals surface area (Å²) < 4.78 is 39.2. The van der Waals surface area contributed by atoms with Crippen molar-refractivity contribution in [3.63, 3.8) is 0 Å². The largest absolute Gasteiger partial charge is 0.433 e. The van der Waals surface area contributed by atoms with Crippen molar-refractivity contribution < 1.29 is 22.8 Å². The van der Waals surface area contributed by atoms with Gasteiger partial charge in [-0.1, -0.05) is 18.2 Å². The highest BCUT2D eigenvalue weighted by Gasteiger charge is 2.32. The number of hydrogen-bond acceptors (Lipinski definition) is 3. The number of aryl methyl sites for hydroxylation is 1. The minimum Gasteiger partial charge on any atom is -0.350 e. The molecule has 6 nitrogen and oxygen atoms in total. The van der Waals surface area contributed by atoms with Gasteiger partial charge in [-0.05, 0) is 18.2 Å². The Bertz CT molecular complexity index is 978. The van der Waals surface area contributed by atoms with Crippen molar-refractivity contribution in [2.24, 2.45) is 7.05 Å². The third-order valence-electron chi connectivity index (χ3n) is 3.75. The summed E-state index contributed by atoms with van der Waals surface area (Å²) in [4.78, 5) is 27.4. The van der Waals surface area contributed by atoms with E-state index in [1.165, 1.54) is 0 Å². The molecule has 0 saturated carbocycles. The van der Waals surface area contributed by atoms with E-state index in [1.54, 1.807) is 29.9 Å². The molecule has 3 rings (SSSR count). The van der Waals surface area contributed by atoms with Gasteiger partial charge in [-0.25, -0.2) is 0 Å². The first kappa shape index (κ1) is 17.5. The second-order valence-corrected chi connectivity index (χ2v) is 5.51. The Morgan fingerprint density at radius 1 is 1.04 bits per heavy atom. The number of nitrogens with zero attached hydrogens (tertiary/aromatic N) is 2. The lowest BCUT2D eigenvalue weighted by Gasteiger charge is -2.08. The molecule has 0 fully saturated rings. The molecule has 0 atom stereocenters. The fourth-order valence-electron chi connectivity index (χ4n) is 2.47. The minimum atomic E-state index is -4.59. The number of nitrogens with one attached hydrogen (secondary N) is 2. The summed E-state index contributed by atoms with van der Waals surface area (Å²) in [6, 6.07) is 8.91. The van der Waals surface area contributed by atoms with E-state index in [9.17, 15) is 22.8 Å². The van der Waals surface area contributed by atoms with Gasteiger partial charge < -0.3 is 4.57 Å². The number of carbonyl (C=O) groups excluding carboxylic acids is 2. The van der Waals surface area contributed by atoms with Crippen LogP contribution >= 0.6 is 0 Å². The Morgan fingerprint density at radius 3 is 2.38 bits per heavy atom. The first-order chi connectivity index (χ1) is 12.3. The molecule has 0 aliphatic rings. The summed E-state index contributed by atoms with van der Waals surface area (Å²) in [7, 11) is 1.78. The van der Waals surface area contributed by atoms with Crippen LogP contribution in [0.15, 0.2) is 48.8 Å². The zero-order valence-corrected chi connectivity index (χ0v) is 13.5. The Morgan fingerprint density at radius 2 is 1.73 bits per heavy atom. The van der Waals surface area contributed by atoms with E-state index >= 15 is 0 Å². The summed E-state index contributed by atoms with van der Waals surface area (Å²) in [6.45, 7) is 0. The standard InChI is InChI=1S/C17H13F3N4O2/c1-24-9-12(11-4-2-3-5-13(11)24)16(26)23-22-15(25)10-6-7-14(21-8-10)17(18,19)20/h2-9H,1H3,(H,22,25)(H,23,26). The van der Waals surface area contributed by atoms with E-state index in [0.29, 0.717) is 17.0 Å². The second-order valence-electron chi connectivity index (χ2n) is 5.51. The molecule has 0 bridgehead atoms. The number of hydrogen-bond donors (Lipinski definition) is 2. The van der Waals surface area contributed by atoms with Gasteiger partial charge in [-0.2, -0.15) is 13.2 Å². The van der Waals surface area contributed by atoms with Gasteiger partial charge in [0.05, 0.1) is 11.1 Å². The summed E-state index contributed by atoms with van der Waals surface area (Å²) in [5.74, 6) is -1.32. The maximum atomic E-state index is 12.5. The summed E-state index contributed by atoms with van der Waals surface area (Å²) in [6.07, 6.45) is -2.17. The predicted octanol–water partition coefficient (Wildman–Crippen LogP) is 2.67. The number of fused-ring (bicyclic) bond motifs is 1. The number of pyridine rings is 1. The third-order valence-corrected chi connectivity index (χ3v) is 3.75. The van der Waals surface area contributed by atoms with Gasteiger partial charge >= 0.3 is 6.18 Å². The number of benzene rings is 1. The lowest BCUT2D eigenvalue weighted by molar-refractivity contribution is -0.141. The summed E-state index contributed by atoms with van der Waals surface area (Å²) in [5, 5.41) is 0.706. The van der Waals surface area contributed by atoms with Gasteiger partial charge in [-0.15, -0.1) is 0 Å². The van der Waals surface area contributed by atoms with Gasteiger partial charge in [0.2, 0.25) is 0 Å². The van der Waals surface area contributed by atoms with Crippen LogP contribution in [0.25, 0.3) is 10.9 Å². The Hall–Kier alpha value is -3.36. The molecule has 2 aromatic heterocycles. The molecule has 0 aliphatic heterocycles. The lowest BCUT2D eigenvalue weighted by atomic mass is 10.2. The highest BCUT2D eigenvalue weighted by atomic mass is 19.4. The molecule has 0 saturated heterocycles. The molecule has 2 heterocycles. The molecule has 2 N–H and O–H groups in total. The first-order valence-corrected chi connectivity index (χ1v) is 7.45. The fourth-order valence-corrected chi connectivity index (χ4v) is 2.47. The SMILES string of the molecule is Cn1cc(C(=O)NNC(=O)c2ccc(C(F)(F)F)nc2)c2ccccc21. The molecule has 0 aliphatic carbocycles. The van der Waals surface area contributed by atoms with Gasteiger partial charge in [0.1, 0.15) is 5.69 Å². The predicted molar refractivity (Wildman–Crippen MR) is 87.1 cm³/mol. The average molecular weight is 362 g/mol. The van der Waals surface area contributed by atoms with Crippen LogP contribution in [0.1, 0.15) is 26.4 Å². The second kappa shape index (κ2) is 6.51. The Balaban J connectivity index is 1.70. The van der Waals surface area contributed by atoms with Crippen LogP contribution < -0.4 is 10.9 Å². The van der Waals surface area contributed by atoms with Crippen molar-refractivity contribution in [3.8, 4) is 0 Å². The third kappa shape index (κ3) is 3.37. The maximum Gasteiger partial charge on any atom is 0.433 e. The van der Waals surface area contributed by atoms with Crippen molar-refractivity contribution in [1.82, 2.24) is 20.4 Å². The molecule has 134 valence electrons. The molecule has 9 heteroatoms. The monoisotopic (exact) mass is 362 g/mol. The van der Waals surface area contributed by atoms with E-state index in [-0.39, 0.29) is 5.56 Å². The molecule has 0 unspecified atom stereocenters. The molecule has 2 amide bonds. The average Bonchev–Trinajstić information content (AvgIpc) is 2.96. The molecule has 0 radical (unpaired) electrons. The Labute approximate surface area is 145 Å². The summed E-state index contributed by atoms with van der Waals surface area (Å²) >= 11 is 0. The van der Waals surface area contributed by atoms with Crippen molar-refractivity contribution >= 4 is 22.7 Å². The van der Waals surface area contributed by atoms with Crippen LogP contribution in [-0.2, 0) is 13.2 Å². The van der Waals surface area contributed by atoms with E-state index in [4.69, 9.17) is 0 Å². The lowest BCUT2D eigenvalue weighted by Crippen LogP contribution is -2.41. The number of para-hydroxylation sites is 1. The van der Waals surface area contributed by atoms with Crippen LogP contribution in [0.3, 0.4) is 0 Å². The number of carbonyl (C=O) groups is 2. The van der Waals surface area contributed by atoms with Crippen LogP contribution in [-0.4, -0.2) is 21.4 Å². The highest BCUT2D eigenvalue weighted by molar-refractivity contribution is 6.07. The molecule has 1 aromatic carbocycles. The molecule has 0 spiro atoms. The van der Waals surface area contributed by atoms with E-state index in [2.05, 4.69) is 15.8 Å². The van der Waals surface area contributed by atoms with Crippen LogP contribution in [0.4, 0.5) is 13.2 Å². The van der Waals surface area contributed by atoms with E-state index in [1.807, 2.05) is 12.1 Å². The zero-order valence-electron chi connectivity index (χ0n) is 13.5. The summed E-state index contributed by atoms with van der Waals surface area (Å²) in [5.41, 5.74) is 4.39. The van der Waals surface area contributed by atoms with Crippen LogP contribution in [0, 0.1) is 0 Å². The van der Waals surface area contributed by atoms with Crippen molar-refractivity contribution in [2.45, 2.75) is 6.18 Å². The molecule has 3 aromatic rings. The van der Waals surface area contributed by atoms with Crippen LogP contribution in [0.5, 0.6) is 0 Å². The normalized spacial score (nSPS) is 11.4. The van der Waals surface area contributed by atoms with Gasteiger partial charge in [0.15, 0.2) is 0 Å². The first-order valence-electron chi connectivity index (χ1n) is 7.45. The van der Waals surface area contributed by atoms with Crippen LogP contribution in [0.2, 0.25) is 0 Å². The fraction of sp³-hybridized carbons (Fsp3) is 0.118. The highest BCUT2D eigenvalue weighted by Crippen LogP contribution is 2.27. The molecule has 26 heavy (non-hydrogen) atoms. The Kier molecular flexibility index (Phi) is 4.37. The number of aromatic nitrogens is 2. The van der Waals surface area contributed by atoms with Crippen molar-refractivity contribution in [3.05, 3.63) is 65.6 Å². The number of hydrazine groups is 1.